The predicted octanol–water partition coefficient (Wildman–Crippen LogP) is 0.793. The second-order valence-corrected chi connectivity index (χ2v) is 4.40. The molecule has 2 rings (SSSR count). The molecule has 2 heterocycles. The van der Waals surface area contributed by atoms with Crippen LogP contribution < -0.4 is 0 Å². The number of carboxylic acid groups (broad SMARTS) is 2. The molecule has 8 nitrogen and oxygen atoms in total. The molecule has 0 fully saturated rings. The van der Waals surface area contributed by atoms with Crippen molar-refractivity contribution in [2.75, 3.05) is 0 Å². The summed E-state index contributed by atoms with van der Waals surface area (Å²) in [5.41, 5.74) is 1.44. The first-order valence-electron chi connectivity index (χ1n) is 5.94. The van der Waals surface area contributed by atoms with E-state index in [0.717, 1.165) is 11.4 Å². The molecular formula is C12H14N4O4. The minimum absolute atomic E-state index is 0.00841. The summed E-state index contributed by atoms with van der Waals surface area (Å²) < 4.78 is 3.12. The lowest BCUT2D eigenvalue weighted by molar-refractivity contribution is 0.0678. The van der Waals surface area contributed by atoms with Crippen LogP contribution in [-0.4, -0.2) is 41.7 Å². The van der Waals surface area contributed by atoms with Crippen LogP contribution in [0.5, 0.6) is 0 Å². The third-order valence-corrected chi connectivity index (χ3v) is 2.92. The summed E-state index contributed by atoms with van der Waals surface area (Å²) in [7, 11) is 0. The van der Waals surface area contributed by atoms with Crippen molar-refractivity contribution in [1.82, 2.24) is 19.6 Å². The summed E-state index contributed by atoms with van der Waals surface area (Å²) in [6.07, 6.45) is 0. The summed E-state index contributed by atoms with van der Waals surface area (Å²) in [6.45, 7) is 4.36. The number of nitrogens with zero attached hydrogens (tertiary/aromatic N) is 4. The fourth-order valence-electron chi connectivity index (χ4n) is 1.87. The van der Waals surface area contributed by atoms with Crippen LogP contribution in [-0.2, 0) is 13.1 Å². The molecule has 8 heteroatoms. The minimum Gasteiger partial charge on any atom is -0.476 e. The van der Waals surface area contributed by atoms with E-state index in [0.29, 0.717) is 13.1 Å². The monoisotopic (exact) mass is 278 g/mol. The van der Waals surface area contributed by atoms with Crippen LogP contribution in [0, 0.1) is 13.8 Å². The lowest BCUT2D eigenvalue weighted by Crippen LogP contribution is -2.13. The number of hydrogen-bond donors (Lipinski definition) is 2. The second kappa shape index (κ2) is 5.16. The molecule has 0 bridgehead atoms. The zero-order valence-electron chi connectivity index (χ0n) is 11.1. The number of carboxylic acids is 2. The molecule has 0 aromatic carbocycles. The summed E-state index contributed by atoms with van der Waals surface area (Å²) in [4.78, 5) is 21.6. The van der Waals surface area contributed by atoms with Crippen molar-refractivity contribution < 1.29 is 19.8 Å². The molecule has 0 atom stereocenters. The molecule has 0 unspecified atom stereocenters. The van der Waals surface area contributed by atoms with Gasteiger partial charge in [-0.1, -0.05) is 0 Å². The van der Waals surface area contributed by atoms with Gasteiger partial charge in [-0.05, 0) is 26.0 Å². The smallest absolute Gasteiger partial charge is 0.356 e. The SMILES string of the molecule is Cc1cc(C(=O)O)nn1CCn1nc(C(=O)O)cc1C. The predicted molar refractivity (Wildman–Crippen MR) is 67.8 cm³/mol. The maximum atomic E-state index is 10.8. The van der Waals surface area contributed by atoms with Crippen LogP contribution >= 0.6 is 0 Å². The quantitative estimate of drug-likeness (QED) is 0.836. The Morgan fingerprint density at radius 3 is 1.55 bits per heavy atom. The molecule has 2 aromatic heterocycles. The van der Waals surface area contributed by atoms with E-state index < -0.39 is 11.9 Å². The molecule has 0 saturated carbocycles. The molecule has 106 valence electrons. The van der Waals surface area contributed by atoms with Gasteiger partial charge < -0.3 is 10.2 Å². The Balaban J connectivity index is 2.12. The Morgan fingerprint density at radius 2 is 1.30 bits per heavy atom. The van der Waals surface area contributed by atoms with E-state index in [1.807, 2.05) is 0 Å². The van der Waals surface area contributed by atoms with Crippen molar-refractivity contribution in [2.45, 2.75) is 26.9 Å². The van der Waals surface area contributed by atoms with E-state index in [1.54, 1.807) is 23.2 Å². The molecular weight excluding hydrogens is 264 g/mol. The Hall–Kier alpha value is -2.64. The van der Waals surface area contributed by atoms with Crippen molar-refractivity contribution in [3.05, 3.63) is 34.9 Å². The lowest BCUT2D eigenvalue weighted by atomic mass is 10.4. The van der Waals surface area contributed by atoms with Gasteiger partial charge in [-0.25, -0.2) is 9.59 Å². The number of aromatic carboxylic acids is 2. The highest BCUT2D eigenvalue weighted by atomic mass is 16.4. The zero-order chi connectivity index (χ0) is 14.9. The molecule has 0 radical (unpaired) electrons. The fourth-order valence-corrected chi connectivity index (χ4v) is 1.87. The largest absolute Gasteiger partial charge is 0.476 e. The Morgan fingerprint density at radius 1 is 0.950 bits per heavy atom. The molecule has 20 heavy (non-hydrogen) atoms. The second-order valence-electron chi connectivity index (χ2n) is 4.40. The fraction of sp³-hybridized carbons (Fsp3) is 0.333. The molecule has 0 saturated heterocycles. The average Bonchev–Trinajstić information content (AvgIpc) is 2.91. The number of hydrogen-bond acceptors (Lipinski definition) is 4. The topological polar surface area (TPSA) is 110 Å². The first-order chi connectivity index (χ1) is 9.38. The van der Waals surface area contributed by atoms with E-state index in [4.69, 9.17) is 10.2 Å². The van der Waals surface area contributed by atoms with Crippen LogP contribution in [0.25, 0.3) is 0 Å². The van der Waals surface area contributed by atoms with E-state index >= 15 is 0 Å². The number of aryl methyl sites for hydroxylation is 4. The molecule has 0 aliphatic rings. The van der Waals surface area contributed by atoms with Gasteiger partial charge in [0, 0.05) is 11.4 Å². The minimum atomic E-state index is -1.07. The van der Waals surface area contributed by atoms with Crippen molar-refractivity contribution >= 4 is 11.9 Å². The van der Waals surface area contributed by atoms with E-state index in [2.05, 4.69) is 10.2 Å². The standard InChI is InChI=1S/C12H14N4O4/c1-7-5-9(11(17)18)13-15(7)3-4-16-8(2)6-10(14-16)12(19)20/h5-6H,3-4H2,1-2H3,(H,17,18)(H,19,20). The average molecular weight is 278 g/mol. The molecule has 2 aromatic rings. The van der Waals surface area contributed by atoms with Crippen LogP contribution in [0.1, 0.15) is 32.4 Å². The van der Waals surface area contributed by atoms with Crippen LogP contribution in [0.3, 0.4) is 0 Å². The Kier molecular flexibility index (Phi) is 3.55. The van der Waals surface area contributed by atoms with Gasteiger partial charge in [0.2, 0.25) is 0 Å². The van der Waals surface area contributed by atoms with Gasteiger partial charge in [0.1, 0.15) is 0 Å². The van der Waals surface area contributed by atoms with Gasteiger partial charge in [0.25, 0.3) is 0 Å². The van der Waals surface area contributed by atoms with Crippen LogP contribution in [0.15, 0.2) is 12.1 Å². The zero-order valence-corrected chi connectivity index (χ0v) is 11.1. The van der Waals surface area contributed by atoms with Crippen molar-refractivity contribution in [3.63, 3.8) is 0 Å². The number of rotatable bonds is 5. The molecule has 2 N–H and O–H groups in total. The normalized spacial score (nSPS) is 10.7. The van der Waals surface area contributed by atoms with E-state index in [1.165, 1.54) is 12.1 Å². The van der Waals surface area contributed by atoms with Crippen molar-refractivity contribution in [2.24, 2.45) is 0 Å². The van der Waals surface area contributed by atoms with Gasteiger partial charge in [0.05, 0.1) is 13.1 Å². The summed E-state index contributed by atoms with van der Waals surface area (Å²) in [5.74, 6) is -2.15. The van der Waals surface area contributed by atoms with Crippen LogP contribution in [0.4, 0.5) is 0 Å². The van der Waals surface area contributed by atoms with Gasteiger partial charge in [-0.3, -0.25) is 9.36 Å². The Labute approximate surface area is 114 Å². The summed E-state index contributed by atoms with van der Waals surface area (Å²) >= 11 is 0. The maximum Gasteiger partial charge on any atom is 0.356 e. The molecule has 0 amide bonds. The van der Waals surface area contributed by atoms with Crippen molar-refractivity contribution in [3.8, 4) is 0 Å². The number of aromatic nitrogens is 4. The van der Waals surface area contributed by atoms with Crippen molar-refractivity contribution in [1.29, 1.82) is 0 Å². The summed E-state index contributed by atoms with van der Waals surface area (Å²) in [6, 6.07) is 2.97. The first kappa shape index (κ1) is 13.8. The van der Waals surface area contributed by atoms with Gasteiger partial charge in [0.15, 0.2) is 11.4 Å². The highest BCUT2D eigenvalue weighted by Gasteiger charge is 2.13. The van der Waals surface area contributed by atoms with Crippen LogP contribution in [0.2, 0.25) is 0 Å². The lowest BCUT2D eigenvalue weighted by Gasteiger charge is -2.06. The first-order valence-corrected chi connectivity index (χ1v) is 5.94. The highest BCUT2D eigenvalue weighted by molar-refractivity contribution is 5.85. The highest BCUT2D eigenvalue weighted by Crippen LogP contribution is 2.06. The molecule has 0 aliphatic heterocycles. The Bertz CT molecular complexity index is 613. The number of carbonyl (C=O) groups is 2. The maximum absolute atomic E-state index is 10.8. The van der Waals surface area contributed by atoms with Gasteiger partial charge in [-0.15, -0.1) is 0 Å². The third-order valence-electron chi connectivity index (χ3n) is 2.92. The molecule has 0 aliphatic carbocycles. The molecule has 0 spiro atoms. The van der Waals surface area contributed by atoms with Gasteiger partial charge >= 0.3 is 11.9 Å². The van der Waals surface area contributed by atoms with E-state index in [-0.39, 0.29) is 11.4 Å². The van der Waals surface area contributed by atoms with E-state index in [9.17, 15) is 9.59 Å². The summed E-state index contributed by atoms with van der Waals surface area (Å²) in [5, 5.41) is 25.6. The third kappa shape index (κ3) is 2.68. The van der Waals surface area contributed by atoms with Gasteiger partial charge in [-0.2, -0.15) is 10.2 Å².